The highest BCUT2D eigenvalue weighted by molar-refractivity contribution is 6.32. The number of halogens is 1. The normalized spacial score (nSPS) is 13.3. The fraction of sp³-hybridized carbons (Fsp3) is 0.714. The zero-order chi connectivity index (χ0) is 15.3. The number of hydrogen-bond donors (Lipinski definition) is 1. The molecule has 114 valence electrons. The minimum absolute atomic E-state index is 0.178. The monoisotopic (exact) mass is 301 g/mol. The number of anilines is 1. The molecule has 0 aliphatic carbocycles. The Kier molecular flexibility index (Phi) is 6.02. The summed E-state index contributed by atoms with van der Waals surface area (Å²) in [7, 11) is 1.58. The van der Waals surface area contributed by atoms with Gasteiger partial charge in [0.2, 0.25) is 0 Å². The summed E-state index contributed by atoms with van der Waals surface area (Å²) >= 11 is 6.10. The van der Waals surface area contributed by atoms with Gasteiger partial charge in [0.1, 0.15) is 5.02 Å². The third-order valence-electron chi connectivity index (χ3n) is 3.57. The summed E-state index contributed by atoms with van der Waals surface area (Å²) in [5, 5.41) is 7.48. The Balaban J connectivity index is 2.78. The Morgan fingerprint density at radius 2 is 2.15 bits per heavy atom. The summed E-state index contributed by atoms with van der Waals surface area (Å²) in [6.45, 7) is 10.3. The lowest BCUT2D eigenvalue weighted by atomic mass is 9.82. The van der Waals surface area contributed by atoms with Crippen LogP contribution >= 0.6 is 11.6 Å². The lowest BCUT2D eigenvalue weighted by molar-refractivity contribution is 0.182. The van der Waals surface area contributed by atoms with E-state index in [0.717, 1.165) is 6.54 Å². The maximum Gasteiger partial charge on any atom is 0.287 e. The van der Waals surface area contributed by atoms with E-state index in [1.54, 1.807) is 13.3 Å². The largest absolute Gasteiger partial charge is 0.383 e. The Morgan fingerprint density at radius 3 is 2.70 bits per heavy atom. The predicted molar refractivity (Wildman–Crippen MR) is 82.5 cm³/mol. The summed E-state index contributed by atoms with van der Waals surface area (Å²) in [6.07, 6.45) is 1.59. The second-order valence-corrected chi connectivity index (χ2v) is 6.42. The van der Waals surface area contributed by atoms with Gasteiger partial charge in [-0.25, -0.2) is 4.68 Å². The van der Waals surface area contributed by atoms with Crippen LogP contribution in [-0.2, 0) is 11.3 Å². The van der Waals surface area contributed by atoms with Gasteiger partial charge in [-0.15, -0.1) is 0 Å². The molecule has 0 bridgehead atoms. The molecule has 0 radical (unpaired) electrons. The second kappa shape index (κ2) is 7.09. The van der Waals surface area contributed by atoms with Gasteiger partial charge in [-0.1, -0.05) is 39.3 Å². The molecule has 1 N–H and O–H groups in total. The Hall–Kier alpha value is -1.07. The Labute approximate surface area is 125 Å². The van der Waals surface area contributed by atoms with Crippen molar-refractivity contribution in [2.24, 2.45) is 11.3 Å². The number of nitrogens with zero attached hydrogens (tertiary/aromatic N) is 2. The van der Waals surface area contributed by atoms with Crippen LogP contribution in [0.15, 0.2) is 11.0 Å². The highest BCUT2D eigenvalue weighted by Gasteiger charge is 2.20. The SMILES string of the molecule is COCCn1ncc(NCC(C)C(C)(C)C)c(Cl)c1=O. The van der Waals surface area contributed by atoms with Gasteiger partial charge < -0.3 is 10.1 Å². The second-order valence-electron chi connectivity index (χ2n) is 6.04. The highest BCUT2D eigenvalue weighted by Crippen LogP contribution is 2.26. The summed E-state index contributed by atoms with van der Waals surface area (Å²) in [5.41, 5.74) is 0.485. The van der Waals surface area contributed by atoms with E-state index >= 15 is 0 Å². The van der Waals surface area contributed by atoms with Gasteiger partial charge in [-0.3, -0.25) is 4.79 Å². The maximum absolute atomic E-state index is 12.0. The zero-order valence-corrected chi connectivity index (χ0v) is 13.6. The van der Waals surface area contributed by atoms with Crippen molar-refractivity contribution in [1.29, 1.82) is 0 Å². The first kappa shape index (κ1) is 17.0. The Bertz CT molecular complexity index is 494. The summed E-state index contributed by atoms with van der Waals surface area (Å²) in [5.74, 6) is 0.439. The van der Waals surface area contributed by atoms with E-state index in [-0.39, 0.29) is 16.0 Å². The fourth-order valence-electron chi connectivity index (χ4n) is 1.49. The predicted octanol–water partition coefficient (Wildman–Crippen LogP) is 2.64. The first-order valence-corrected chi connectivity index (χ1v) is 7.13. The third kappa shape index (κ3) is 4.49. The van der Waals surface area contributed by atoms with Crippen molar-refractivity contribution in [2.45, 2.75) is 34.2 Å². The average molecular weight is 302 g/mol. The first-order valence-electron chi connectivity index (χ1n) is 6.75. The van der Waals surface area contributed by atoms with E-state index in [1.807, 2.05) is 0 Å². The topological polar surface area (TPSA) is 56.1 Å². The lowest BCUT2D eigenvalue weighted by Crippen LogP contribution is -2.28. The fourth-order valence-corrected chi connectivity index (χ4v) is 1.71. The van der Waals surface area contributed by atoms with Crippen molar-refractivity contribution >= 4 is 17.3 Å². The van der Waals surface area contributed by atoms with Gasteiger partial charge in [0.15, 0.2) is 0 Å². The van der Waals surface area contributed by atoms with Crippen molar-refractivity contribution in [2.75, 3.05) is 25.6 Å². The van der Waals surface area contributed by atoms with Crippen molar-refractivity contribution in [3.8, 4) is 0 Å². The van der Waals surface area contributed by atoms with Crippen LogP contribution in [0.1, 0.15) is 27.7 Å². The maximum atomic E-state index is 12.0. The molecule has 1 unspecified atom stereocenters. The van der Waals surface area contributed by atoms with Crippen molar-refractivity contribution in [3.05, 3.63) is 21.6 Å². The van der Waals surface area contributed by atoms with E-state index in [4.69, 9.17) is 16.3 Å². The van der Waals surface area contributed by atoms with E-state index in [9.17, 15) is 4.79 Å². The molecule has 0 saturated heterocycles. The number of rotatable bonds is 6. The summed E-state index contributed by atoms with van der Waals surface area (Å²) < 4.78 is 6.24. The molecule has 0 aliphatic heterocycles. The quantitative estimate of drug-likeness (QED) is 0.877. The van der Waals surface area contributed by atoms with E-state index < -0.39 is 0 Å². The number of ether oxygens (including phenoxy) is 1. The molecular weight excluding hydrogens is 278 g/mol. The minimum atomic E-state index is -0.294. The van der Waals surface area contributed by atoms with Gasteiger partial charge in [0.25, 0.3) is 5.56 Å². The lowest BCUT2D eigenvalue weighted by Gasteiger charge is -2.27. The summed E-state index contributed by atoms with van der Waals surface area (Å²) in [6, 6.07) is 0. The van der Waals surface area contributed by atoms with E-state index in [0.29, 0.717) is 24.8 Å². The first-order chi connectivity index (χ1) is 9.27. The molecule has 0 saturated carbocycles. The molecule has 0 amide bonds. The third-order valence-corrected chi connectivity index (χ3v) is 3.93. The van der Waals surface area contributed by atoms with Gasteiger partial charge in [0.05, 0.1) is 25.0 Å². The van der Waals surface area contributed by atoms with Crippen molar-refractivity contribution in [3.63, 3.8) is 0 Å². The van der Waals surface area contributed by atoms with Crippen molar-refractivity contribution in [1.82, 2.24) is 9.78 Å². The molecule has 1 atom stereocenters. The molecule has 0 aliphatic rings. The molecule has 6 heteroatoms. The Morgan fingerprint density at radius 1 is 1.50 bits per heavy atom. The average Bonchev–Trinajstić information content (AvgIpc) is 2.38. The van der Waals surface area contributed by atoms with Crippen LogP contribution in [0.4, 0.5) is 5.69 Å². The van der Waals surface area contributed by atoms with Crippen LogP contribution in [-0.4, -0.2) is 30.0 Å². The molecule has 0 fully saturated rings. The molecule has 0 aromatic carbocycles. The molecule has 1 aromatic heterocycles. The van der Waals surface area contributed by atoms with Crippen LogP contribution in [0.3, 0.4) is 0 Å². The van der Waals surface area contributed by atoms with Crippen LogP contribution in [0.25, 0.3) is 0 Å². The van der Waals surface area contributed by atoms with E-state index in [2.05, 4.69) is 38.1 Å². The minimum Gasteiger partial charge on any atom is -0.383 e. The molecule has 1 heterocycles. The molecule has 1 aromatic rings. The van der Waals surface area contributed by atoms with Crippen LogP contribution in [0.5, 0.6) is 0 Å². The number of aromatic nitrogens is 2. The summed E-state index contributed by atoms with van der Waals surface area (Å²) in [4.78, 5) is 12.0. The van der Waals surface area contributed by atoms with Gasteiger partial charge >= 0.3 is 0 Å². The number of hydrogen-bond acceptors (Lipinski definition) is 4. The molecule has 20 heavy (non-hydrogen) atoms. The van der Waals surface area contributed by atoms with Gasteiger partial charge in [-0.2, -0.15) is 5.10 Å². The van der Waals surface area contributed by atoms with Crippen molar-refractivity contribution < 1.29 is 4.74 Å². The molecule has 1 rings (SSSR count). The molecule has 0 spiro atoms. The van der Waals surface area contributed by atoms with E-state index in [1.165, 1.54) is 4.68 Å². The number of methoxy groups -OCH3 is 1. The molecule has 5 nitrogen and oxygen atoms in total. The smallest absolute Gasteiger partial charge is 0.287 e. The van der Waals surface area contributed by atoms with Crippen LogP contribution in [0.2, 0.25) is 5.02 Å². The van der Waals surface area contributed by atoms with Crippen LogP contribution < -0.4 is 10.9 Å². The standard InChI is InChI=1S/C14H24ClN3O2/c1-10(14(2,3)4)8-16-11-9-17-18(6-7-20-5)13(19)12(11)15/h9-10,16H,6-8H2,1-5H3. The zero-order valence-electron chi connectivity index (χ0n) is 12.9. The van der Waals surface area contributed by atoms with Gasteiger partial charge in [0, 0.05) is 13.7 Å². The van der Waals surface area contributed by atoms with Crippen LogP contribution in [0, 0.1) is 11.3 Å². The molecular formula is C14H24ClN3O2. The highest BCUT2D eigenvalue weighted by atomic mass is 35.5. The number of nitrogens with one attached hydrogen (secondary N) is 1. The van der Waals surface area contributed by atoms with Gasteiger partial charge in [-0.05, 0) is 11.3 Å².